The fourth-order valence-corrected chi connectivity index (χ4v) is 5.72. The van der Waals surface area contributed by atoms with Gasteiger partial charge in [-0.1, -0.05) is 84.4 Å². The molecule has 0 bridgehead atoms. The van der Waals surface area contributed by atoms with E-state index in [2.05, 4.69) is 15.6 Å². The number of thiazole rings is 1. The molecule has 1 aromatic heterocycles. The van der Waals surface area contributed by atoms with Crippen LogP contribution in [0.5, 0.6) is 0 Å². The summed E-state index contributed by atoms with van der Waals surface area (Å²) in [6, 6.07) is 34.5. The molecule has 7 heteroatoms. The molecule has 0 aliphatic carbocycles. The lowest BCUT2D eigenvalue weighted by atomic mass is 10.1. The molecular formula is C31H25N3O2S2. The maximum Gasteiger partial charge on any atom is 0.255 e. The maximum atomic E-state index is 13.5. The molecule has 4 aromatic carbocycles. The Labute approximate surface area is 230 Å². The van der Waals surface area contributed by atoms with Gasteiger partial charge in [-0.25, -0.2) is 4.98 Å². The Morgan fingerprint density at radius 1 is 0.816 bits per heavy atom. The SMILES string of the molecule is Cc1cccc(C(=O)Nc2cccc(SC(C(=O)Nc3nc(-c4ccccc4)cs3)c3ccccc3)c2)c1. The molecule has 5 aromatic rings. The van der Waals surface area contributed by atoms with Gasteiger partial charge >= 0.3 is 0 Å². The predicted molar refractivity (Wildman–Crippen MR) is 157 cm³/mol. The molecule has 38 heavy (non-hydrogen) atoms. The lowest BCUT2D eigenvalue weighted by Gasteiger charge is -2.17. The van der Waals surface area contributed by atoms with Crippen molar-refractivity contribution in [2.24, 2.45) is 0 Å². The number of rotatable bonds is 8. The largest absolute Gasteiger partial charge is 0.322 e. The molecule has 2 amide bonds. The summed E-state index contributed by atoms with van der Waals surface area (Å²) in [7, 11) is 0. The van der Waals surface area contributed by atoms with Crippen molar-refractivity contribution in [1.82, 2.24) is 4.98 Å². The predicted octanol–water partition coefficient (Wildman–Crippen LogP) is 7.84. The number of hydrogen-bond acceptors (Lipinski definition) is 5. The highest BCUT2D eigenvalue weighted by atomic mass is 32.2. The molecule has 0 radical (unpaired) electrons. The van der Waals surface area contributed by atoms with Gasteiger partial charge in [-0.05, 0) is 42.8 Å². The zero-order valence-electron chi connectivity index (χ0n) is 20.6. The molecule has 5 rings (SSSR count). The van der Waals surface area contributed by atoms with Gasteiger partial charge in [0.25, 0.3) is 5.91 Å². The number of carbonyl (C=O) groups is 2. The van der Waals surface area contributed by atoms with Gasteiger partial charge < -0.3 is 10.6 Å². The van der Waals surface area contributed by atoms with Crippen LogP contribution >= 0.6 is 23.1 Å². The Kier molecular flexibility index (Phi) is 7.97. The summed E-state index contributed by atoms with van der Waals surface area (Å²) in [4.78, 5) is 31.7. The molecule has 0 spiro atoms. The van der Waals surface area contributed by atoms with Crippen molar-refractivity contribution in [1.29, 1.82) is 0 Å². The van der Waals surface area contributed by atoms with Crippen LogP contribution in [0.2, 0.25) is 0 Å². The quantitative estimate of drug-likeness (QED) is 0.199. The van der Waals surface area contributed by atoms with E-state index in [1.165, 1.54) is 23.1 Å². The zero-order valence-corrected chi connectivity index (χ0v) is 22.3. The fraction of sp³-hybridized carbons (Fsp3) is 0.0645. The van der Waals surface area contributed by atoms with Crippen LogP contribution in [0.4, 0.5) is 10.8 Å². The van der Waals surface area contributed by atoms with E-state index >= 15 is 0 Å². The lowest BCUT2D eigenvalue weighted by molar-refractivity contribution is -0.115. The number of aromatic nitrogens is 1. The van der Waals surface area contributed by atoms with Crippen LogP contribution in [0.15, 0.2) is 119 Å². The van der Waals surface area contributed by atoms with Crippen LogP contribution in [-0.2, 0) is 4.79 Å². The monoisotopic (exact) mass is 535 g/mol. The second kappa shape index (κ2) is 11.9. The number of hydrogen-bond donors (Lipinski definition) is 2. The number of amides is 2. The molecular weight excluding hydrogens is 510 g/mol. The van der Waals surface area contributed by atoms with Crippen molar-refractivity contribution in [3.05, 3.63) is 131 Å². The van der Waals surface area contributed by atoms with Gasteiger partial charge in [0.15, 0.2) is 5.13 Å². The molecule has 0 fully saturated rings. The Hall–Kier alpha value is -4.20. The van der Waals surface area contributed by atoms with Crippen molar-refractivity contribution in [2.45, 2.75) is 17.1 Å². The molecule has 1 heterocycles. The molecule has 0 saturated carbocycles. The van der Waals surface area contributed by atoms with Gasteiger partial charge in [-0.3, -0.25) is 9.59 Å². The smallest absolute Gasteiger partial charge is 0.255 e. The van der Waals surface area contributed by atoms with Crippen LogP contribution in [0.25, 0.3) is 11.3 Å². The number of nitrogens with one attached hydrogen (secondary N) is 2. The van der Waals surface area contributed by atoms with E-state index in [9.17, 15) is 9.59 Å². The Morgan fingerprint density at radius 2 is 1.55 bits per heavy atom. The summed E-state index contributed by atoms with van der Waals surface area (Å²) in [6.45, 7) is 1.96. The highest BCUT2D eigenvalue weighted by Crippen LogP contribution is 2.37. The summed E-state index contributed by atoms with van der Waals surface area (Å²) in [5.41, 5.74) is 5.00. The summed E-state index contributed by atoms with van der Waals surface area (Å²) >= 11 is 2.83. The van der Waals surface area contributed by atoms with E-state index in [0.29, 0.717) is 16.4 Å². The molecule has 1 atom stereocenters. The Morgan fingerprint density at radius 3 is 2.32 bits per heavy atom. The first kappa shape index (κ1) is 25.4. The van der Waals surface area contributed by atoms with Crippen molar-refractivity contribution in [3.63, 3.8) is 0 Å². The molecule has 188 valence electrons. The molecule has 0 saturated heterocycles. The average molecular weight is 536 g/mol. The van der Waals surface area contributed by atoms with Gasteiger partial charge in [0.2, 0.25) is 5.91 Å². The molecule has 0 aliphatic rings. The normalized spacial score (nSPS) is 11.5. The van der Waals surface area contributed by atoms with E-state index in [0.717, 1.165) is 27.3 Å². The first-order valence-corrected chi connectivity index (χ1v) is 13.8. The fourth-order valence-electron chi connectivity index (χ4n) is 3.92. The second-order valence-corrected chi connectivity index (χ2v) is 10.7. The third-order valence-corrected chi connectivity index (χ3v) is 7.78. The minimum absolute atomic E-state index is 0.163. The number of carbonyl (C=O) groups excluding carboxylic acids is 2. The van der Waals surface area contributed by atoms with Crippen LogP contribution in [0, 0.1) is 6.92 Å². The van der Waals surface area contributed by atoms with Gasteiger partial charge in [-0.2, -0.15) is 0 Å². The van der Waals surface area contributed by atoms with Crippen LogP contribution < -0.4 is 10.6 Å². The van der Waals surface area contributed by atoms with Crippen molar-refractivity contribution in [2.75, 3.05) is 10.6 Å². The highest BCUT2D eigenvalue weighted by molar-refractivity contribution is 8.00. The van der Waals surface area contributed by atoms with Gasteiger partial charge in [0, 0.05) is 27.1 Å². The van der Waals surface area contributed by atoms with E-state index in [4.69, 9.17) is 0 Å². The molecule has 5 nitrogen and oxygen atoms in total. The van der Waals surface area contributed by atoms with E-state index < -0.39 is 5.25 Å². The second-order valence-electron chi connectivity index (χ2n) is 8.65. The van der Waals surface area contributed by atoms with Gasteiger partial charge in [0.05, 0.1) is 5.69 Å². The standard InChI is InChI=1S/C31H25N3O2S2/c1-21-10-8-15-24(18-21)29(35)32-25-16-9-17-26(19-25)38-28(23-13-6-3-7-14-23)30(36)34-31-33-27(20-37-31)22-11-4-2-5-12-22/h2-20,28H,1H3,(H,32,35)(H,33,34,36). The number of benzene rings is 4. The summed E-state index contributed by atoms with van der Waals surface area (Å²) in [6.07, 6.45) is 0. The van der Waals surface area contributed by atoms with Crippen molar-refractivity contribution in [3.8, 4) is 11.3 Å². The highest BCUT2D eigenvalue weighted by Gasteiger charge is 2.23. The van der Waals surface area contributed by atoms with Crippen LogP contribution in [0.1, 0.15) is 26.7 Å². The molecule has 2 N–H and O–H groups in total. The first-order chi connectivity index (χ1) is 18.5. The summed E-state index contributed by atoms with van der Waals surface area (Å²) in [5.74, 6) is -0.337. The van der Waals surface area contributed by atoms with E-state index in [-0.39, 0.29) is 11.8 Å². The topological polar surface area (TPSA) is 71.1 Å². The minimum atomic E-state index is -0.511. The third kappa shape index (κ3) is 6.37. The van der Waals surface area contributed by atoms with Crippen molar-refractivity contribution >= 4 is 45.7 Å². The minimum Gasteiger partial charge on any atom is -0.322 e. The zero-order chi connectivity index (χ0) is 26.3. The average Bonchev–Trinajstić information content (AvgIpc) is 3.41. The lowest BCUT2D eigenvalue weighted by Crippen LogP contribution is -2.19. The van der Waals surface area contributed by atoms with E-state index in [1.807, 2.05) is 115 Å². The summed E-state index contributed by atoms with van der Waals surface area (Å²) in [5, 5.41) is 7.95. The third-order valence-electron chi connectivity index (χ3n) is 5.77. The van der Waals surface area contributed by atoms with E-state index in [1.54, 1.807) is 6.07 Å². The van der Waals surface area contributed by atoms with Gasteiger partial charge in [-0.15, -0.1) is 23.1 Å². The molecule has 0 aliphatic heterocycles. The maximum absolute atomic E-state index is 13.5. The Bertz CT molecular complexity index is 1550. The first-order valence-electron chi connectivity index (χ1n) is 12.1. The molecule has 1 unspecified atom stereocenters. The number of anilines is 2. The summed E-state index contributed by atoms with van der Waals surface area (Å²) < 4.78 is 0. The Balaban J connectivity index is 1.34. The number of aryl methyl sites for hydroxylation is 1. The number of thioether (sulfide) groups is 1. The van der Waals surface area contributed by atoms with Crippen LogP contribution in [0.3, 0.4) is 0 Å². The van der Waals surface area contributed by atoms with Crippen LogP contribution in [-0.4, -0.2) is 16.8 Å². The van der Waals surface area contributed by atoms with Gasteiger partial charge in [0.1, 0.15) is 5.25 Å². The van der Waals surface area contributed by atoms with Crippen molar-refractivity contribution < 1.29 is 9.59 Å². The number of nitrogens with zero attached hydrogens (tertiary/aromatic N) is 1.